The van der Waals surface area contributed by atoms with Crippen molar-refractivity contribution in [1.82, 2.24) is 9.97 Å². The number of nitrogens with two attached hydrogens (primary N) is 2. The Morgan fingerprint density at radius 2 is 1.88 bits per heavy atom. The first-order valence-electron chi connectivity index (χ1n) is 5.58. The summed E-state index contributed by atoms with van der Waals surface area (Å²) in [7, 11) is 0. The predicted molar refractivity (Wildman–Crippen MR) is 68.3 cm³/mol. The third-order valence-electron chi connectivity index (χ3n) is 2.64. The van der Waals surface area contributed by atoms with E-state index in [-0.39, 0.29) is 6.04 Å². The minimum atomic E-state index is 0.0331. The first kappa shape index (κ1) is 11.5. The van der Waals surface area contributed by atoms with E-state index in [1.165, 1.54) is 0 Å². The molecule has 2 aromatic heterocycles. The van der Waals surface area contributed by atoms with Crippen molar-refractivity contribution in [3.8, 4) is 0 Å². The highest BCUT2D eigenvalue weighted by molar-refractivity contribution is 5.44. The van der Waals surface area contributed by atoms with Crippen molar-refractivity contribution in [2.24, 2.45) is 5.73 Å². The Hall–Kier alpha value is -1.94. The van der Waals surface area contributed by atoms with Crippen LogP contribution in [0.25, 0.3) is 0 Å². The van der Waals surface area contributed by atoms with Gasteiger partial charge < -0.3 is 11.5 Å². The van der Waals surface area contributed by atoms with Crippen molar-refractivity contribution in [1.29, 1.82) is 0 Å². The zero-order valence-corrected chi connectivity index (χ0v) is 9.58. The van der Waals surface area contributed by atoms with Crippen LogP contribution in [0.1, 0.15) is 11.1 Å². The molecule has 4 nitrogen and oxygen atoms in total. The summed E-state index contributed by atoms with van der Waals surface area (Å²) in [6, 6.07) is 5.78. The van der Waals surface area contributed by atoms with Crippen LogP contribution in [0.3, 0.4) is 0 Å². The van der Waals surface area contributed by atoms with Crippen LogP contribution in [0, 0.1) is 0 Å². The van der Waals surface area contributed by atoms with E-state index in [1.54, 1.807) is 24.7 Å². The Labute approximate surface area is 101 Å². The highest BCUT2D eigenvalue weighted by Crippen LogP contribution is 2.12. The summed E-state index contributed by atoms with van der Waals surface area (Å²) in [5.74, 6) is 0. The second-order valence-electron chi connectivity index (χ2n) is 4.10. The van der Waals surface area contributed by atoms with Gasteiger partial charge in [-0.3, -0.25) is 9.97 Å². The van der Waals surface area contributed by atoms with Gasteiger partial charge in [-0.2, -0.15) is 0 Å². The second kappa shape index (κ2) is 5.41. The van der Waals surface area contributed by atoms with Crippen LogP contribution in [-0.4, -0.2) is 16.0 Å². The molecule has 0 aliphatic rings. The van der Waals surface area contributed by atoms with Gasteiger partial charge in [-0.25, -0.2) is 0 Å². The second-order valence-corrected chi connectivity index (χ2v) is 4.10. The smallest absolute Gasteiger partial charge is 0.0378 e. The molecule has 0 bridgehead atoms. The van der Waals surface area contributed by atoms with Crippen molar-refractivity contribution < 1.29 is 0 Å². The quantitative estimate of drug-likeness (QED) is 0.823. The van der Waals surface area contributed by atoms with Gasteiger partial charge in [0.1, 0.15) is 0 Å². The molecule has 0 saturated carbocycles. The van der Waals surface area contributed by atoms with E-state index in [2.05, 4.69) is 9.97 Å². The van der Waals surface area contributed by atoms with Gasteiger partial charge in [0.05, 0.1) is 0 Å². The van der Waals surface area contributed by atoms with Crippen molar-refractivity contribution >= 4 is 5.69 Å². The normalized spacial score (nSPS) is 12.3. The van der Waals surface area contributed by atoms with E-state index in [0.717, 1.165) is 29.7 Å². The van der Waals surface area contributed by atoms with Crippen molar-refractivity contribution in [2.75, 3.05) is 5.73 Å². The maximum Gasteiger partial charge on any atom is 0.0378 e. The topological polar surface area (TPSA) is 77.8 Å². The monoisotopic (exact) mass is 228 g/mol. The van der Waals surface area contributed by atoms with E-state index in [0.29, 0.717) is 0 Å². The van der Waals surface area contributed by atoms with Gasteiger partial charge in [-0.05, 0) is 36.1 Å². The zero-order chi connectivity index (χ0) is 12.1. The molecule has 0 spiro atoms. The molecule has 0 amide bonds. The van der Waals surface area contributed by atoms with Crippen LogP contribution in [0.4, 0.5) is 5.69 Å². The number of nitrogen functional groups attached to an aromatic ring is 1. The lowest BCUT2D eigenvalue weighted by Gasteiger charge is -2.12. The fourth-order valence-corrected chi connectivity index (χ4v) is 1.78. The molecular weight excluding hydrogens is 212 g/mol. The molecule has 4 heteroatoms. The van der Waals surface area contributed by atoms with Gasteiger partial charge in [0.15, 0.2) is 0 Å². The van der Waals surface area contributed by atoms with Gasteiger partial charge in [0.25, 0.3) is 0 Å². The largest absolute Gasteiger partial charge is 0.398 e. The summed E-state index contributed by atoms with van der Waals surface area (Å²) in [5, 5.41) is 0. The number of nitrogens with zero attached hydrogens (tertiary/aromatic N) is 2. The zero-order valence-electron chi connectivity index (χ0n) is 9.58. The van der Waals surface area contributed by atoms with E-state index < -0.39 is 0 Å². The summed E-state index contributed by atoms with van der Waals surface area (Å²) in [4.78, 5) is 8.13. The van der Waals surface area contributed by atoms with Crippen LogP contribution in [-0.2, 0) is 12.8 Å². The van der Waals surface area contributed by atoms with E-state index in [9.17, 15) is 0 Å². The van der Waals surface area contributed by atoms with E-state index >= 15 is 0 Å². The van der Waals surface area contributed by atoms with Gasteiger partial charge in [0, 0.05) is 36.5 Å². The number of rotatable bonds is 4. The molecule has 0 aliphatic heterocycles. The summed E-state index contributed by atoms with van der Waals surface area (Å²) in [6.45, 7) is 0. The molecule has 17 heavy (non-hydrogen) atoms. The molecule has 0 radical (unpaired) electrons. The molecule has 0 saturated heterocycles. The molecule has 2 rings (SSSR count). The third kappa shape index (κ3) is 3.26. The Balaban J connectivity index is 1.98. The Morgan fingerprint density at radius 1 is 1.06 bits per heavy atom. The Kier molecular flexibility index (Phi) is 3.67. The molecule has 4 N–H and O–H groups in total. The number of hydrogen-bond acceptors (Lipinski definition) is 4. The molecule has 88 valence electrons. The Bertz CT molecular complexity index is 470. The first-order chi connectivity index (χ1) is 8.25. The standard InChI is InChI=1S/C13H16N4/c14-12(6-10-2-1-4-16-8-10)7-11-9-17-5-3-13(11)15/h1-5,8-9,12H,6-7,14H2,(H2,15,17). The molecule has 2 heterocycles. The van der Waals surface area contributed by atoms with Crippen molar-refractivity contribution in [3.63, 3.8) is 0 Å². The summed E-state index contributed by atoms with van der Waals surface area (Å²) in [6.07, 6.45) is 8.58. The van der Waals surface area contributed by atoms with Crippen LogP contribution < -0.4 is 11.5 Å². The summed E-state index contributed by atoms with van der Waals surface area (Å²) >= 11 is 0. The molecule has 1 atom stereocenters. The fraction of sp³-hybridized carbons (Fsp3) is 0.231. The Morgan fingerprint density at radius 3 is 2.59 bits per heavy atom. The molecule has 0 fully saturated rings. The van der Waals surface area contributed by atoms with Crippen LogP contribution in [0.5, 0.6) is 0 Å². The van der Waals surface area contributed by atoms with Gasteiger partial charge in [0.2, 0.25) is 0 Å². The lowest BCUT2D eigenvalue weighted by molar-refractivity contribution is 0.663. The van der Waals surface area contributed by atoms with Crippen LogP contribution in [0.2, 0.25) is 0 Å². The molecule has 1 unspecified atom stereocenters. The lowest BCUT2D eigenvalue weighted by Crippen LogP contribution is -2.26. The molecule has 0 aliphatic carbocycles. The van der Waals surface area contributed by atoms with Crippen LogP contribution >= 0.6 is 0 Å². The number of anilines is 1. The average Bonchev–Trinajstić information content (AvgIpc) is 2.33. The van der Waals surface area contributed by atoms with Crippen LogP contribution in [0.15, 0.2) is 43.0 Å². The number of hydrogen-bond donors (Lipinski definition) is 2. The molecule has 2 aromatic rings. The van der Waals surface area contributed by atoms with Crippen molar-refractivity contribution in [2.45, 2.75) is 18.9 Å². The number of pyridine rings is 2. The summed E-state index contributed by atoms with van der Waals surface area (Å²) < 4.78 is 0. The van der Waals surface area contributed by atoms with Crippen molar-refractivity contribution in [3.05, 3.63) is 54.1 Å². The lowest BCUT2D eigenvalue weighted by atomic mass is 10.0. The minimum Gasteiger partial charge on any atom is -0.398 e. The van der Waals surface area contributed by atoms with E-state index in [1.807, 2.05) is 18.3 Å². The van der Waals surface area contributed by atoms with Gasteiger partial charge in [-0.1, -0.05) is 6.07 Å². The summed E-state index contributed by atoms with van der Waals surface area (Å²) in [5.41, 5.74) is 14.8. The highest BCUT2D eigenvalue weighted by atomic mass is 14.7. The fourth-order valence-electron chi connectivity index (χ4n) is 1.78. The first-order valence-corrected chi connectivity index (χ1v) is 5.58. The van der Waals surface area contributed by atoms with Gasteiger partial charge in [-0.15, -0.1) is 0 Å². The van der Waals surface area contributed by atoms with Gasteiger partial charge >= 0.3 is 0 Å². The minimum absolute atomic E-state index is 0.0331. The van der Waals surface area contributed by atoms with E-state index in [4.69, 9.17) is 11.5 Å². The predicted octanol–water partition coefficient (Wildman–Crippen LogP) is 1.17. The third-order valence-corrected chi connectivity index (χ3v) is 2.64. The molecule has 0 aromatic carbocycles. The maximum absolute atomic E-state index is 6.10. The molecular formula is C13H16N4. The average molecular weight is 228 g/mol. The number of aromatic nitrogens is 2. The SMILES string of the molecule is Nc1ccncc1CC(N)Cc1cccnc1. The highest BCUT2D eigenvalue weighted by Gasteiger charge is 2.07. The maximum atomic E-state index is 6.10.